The van der Waals surface area contributed by atoms with E-state index >= 15 is 0 Å². The van der Waals surface area contributed by atoms with E-state index in [9.17, 15) is 0 Å². The molecule has 0 saturated carbocycles. The van der Waals surface area contributed by atoms with E-state index in [4.69, 9.17) is 21.3 Å². The van der Waals surface area contributed by atoms with Gasteiger partial charge in [0, 0.05) is 49.8 Å². The third-order valence-corrected chi connectivity index (χ3v) is 7.18. The maximum absolute atomic E-state index is 6.33. The van der Waals surface area contributed by atoms with E-state index in [1.54, 1.807) is 0 Å². The summed E-state index contributed by atoms with van der Waals surface area (Å²) in [4.78, 5) is 10.0. The third-order valence-electron chi connectivity index (χ3n) is 6.82. The summed E-state index contributed by atoms with van der Waals surface area (Å²) in [6.07, 6.45) is 4.86. The summed E-state index contributed by atoms with van der Waals surface area (Å²) in [6, 6.07) is 8.20. The Balaban J connectivity index is 0.00000256. The summed E-state index contributed by atoms with van der Waals surface area (Å²) in [5.41, 5.74) is 1.61. The molecule has 5 nitrogen and oxygen atoms in total. The van der Waals surface area contributed by atoms with E-state index in [0.717, 1.165) is 70.0 Å². The number of likely N-dealkylation sites (tertiary alicyclic amines) is 2. The summed E-state index contributed by atoms with van der Waals surface area (Å²) in [7, 11) is 0. The van der Waals surface area contributed by atoms with Crippen molar-refractivity contribution in [3.05, 3.63) is 34.9 Å². The first-order valence-corrected chi connectivity index (χ1v) is 11.6. The van der Waals surface area contributed by atoms with E-state index in [1.165, 1.54) is 31.2 Å². The zero-order chi connectivity index (χ0) is 20.1. The highest BCUT2D eigenvalue weighted by Gasteiger charge is 2.42. The van der Waals surface area contributed by atoms with Crippen molar-refractivity contribution in [2.24, 2.45) is 16.3 Å². The second-order valence-corrected chi connectivity index (χ2v) is 9.39. The van der Waals surface area contributed by atoms with Crippen molar-refractivity contribution in [1.82, 2.24) is 15.1 Å². The third kappa shape index (κ3) is 6.02. The molecule has 4 rings (SSSR count). The van der Waals surface area contributed by atoms with Gasteiger partial charge in [0.25, 0.3) is 0 Å². The van der Waals surface area contributed by atoms with E-state index in [1.807, 2.05) is 12.1 Å². The minimum absolute atomic E-state index is 0. The van der Waals surface area contributed by atoms with Crippen LogP contribution in [0.1, 0.15) is 38.2 Å². The quantitative estimate of drug-likeness (QED) is 0.341. The van der Waals surface area contributed by atoms with Crippen LogP contribution in [0, 0.1) is 11.3 Å². The van der Waals surface area contributed by atoms with Crippen LogP contribution >= 0.6 is 35.6 Å². The van der Waals surface area contributed by atoms with E-state index in [2.05, 4.69) is 34.2 Å². The van der Waals surface area contributed by atoms with Crippen LogP contribution < -0.4 is 5.32 Å². The highest BCUT2D eigenvalue weighted by atomic mass is 127. The van der Waals surface area contributed by atoms with Gasteiger partial charge in [-0.3, -0.25) is 9.89 Å². The molecule has 1 aromatic carbocycles. The van der Waals surface area contributed by atoms with E-state index in [-0.39, 0.29) is 24.0 Å². The van der Waals surface area contributed by atoms with Crippen molar-refractivity contribution in [2.75, 3.05) is 52.5 Å². The molecule has 3 aliphatic rings. The van der Waals surface area contributed by atoms with Crippen LogP contribution in [0.25, 0.3) is 0 Å². The summed E-state index contributed by atoms with van der Waals surface area (Å²) >= 11 is 6.33. The fraction of sp³-hybridized carbons (Fsp3) is 0.696. The number of nitrogens with one attached hydrogen (secondary N) is 1. The molecule has 168 valence electrons. The number of rotatable bonds is 5. The molecule has 7 heteroatoms. The second kappa shape index (κ2) is 11.3. The van der Waals surface area contributed by atoms with E-state index < -0.39 is 0 Å². The molecule has 0 bridgehead atoms. The Morgan fingerprint density at radius 2 is 2.03 bits per heavy atom. The van der Waals surface area contributed by atoms with Gasteiger partial charge in [-0.25, -0.2) is 0 Å². The van der Waals surface area contributed by atoms with Crippen molar-refractivity contribution in [2.45, 2.75) is 39.2 Å². The first kappa shape index (κ1) is 24.1. The average molecular weight is 547 g/mol. The minimum atomic E-state index is 0. The van der Waals surface area contributed by atoms with Crippen LogP contribution in [-0.4, -0.2) is 68.2 Å². The molecule has 1 spiro atoms. The highest BCUT2D eigenvalue weighted by Crippen LogP contribution is 2.38. The topological polar surface area (TPSA) is 40.1 Å². The van der Waals surface area contributed by atoms with Gasteiger partial charge >= 0.3 is 0 Å². The van der Waals surface area contributed by atoms with Gasteiger partial charge in [0.2, 0.25) is 0 Å². The van der Waals surface area contributed by atoms with Crippen LogP contribution in [0.3, 0.4) is 0 Å². The molecule has 0 aliphatic carbocycles. The molecule has 3 fully saturated rings. The van der Waals surface area contributed by atoms with Gasteiger partial charge in [-0.1, -0.05) is 29.8 Å². The molecule has 30 heavy (non-hydrogen) atoms. The molecule has 3 aliphatic heterocycles. The molecule has 0 aromatic heterocycles. The number of aliphatic imine (C=N–C) groups is 1. The molecule has 3 saturated heterocycles. The van der Waals surface area contributed by atoms with Crippen molar-refractivity contribution in [3.63, 3.8) is 0 Å². The molecule has 1 atom stereocenters. The molecule has 1 N–H and O–H groups in total. The zero-order valence-electron chi connectivity index (χ0n) is 18.1. The molecule has 0 radical (unpaired) electrons. The van der Waals surface area contributed by atoms with Gasteiger partial charge in [-0.15, -0.1) is 24.0 Å². The number of benzene rings is 1. The summed E-state index contributed by atoms with van der Waals surface area (Å²) < 4.78 is 5.69. The summed E-state index contributed by atoms with van der Waals surface area (Å²) in [6.45, 7) is 11.3. The number of halogens is 2. The van der Waals surface area contributed by atoms with Crippen molar-refractivity contribution in [3.8, 4) is 0 Å². The van der Waals surface area contributed by atoms with Crippen LogP contribution in [0.15, 0.2) is 29.3 Å². The first-order valence-electron chi connectivity index (χ1n) is 11.2. The van der Waals surface area contributed by atoms with Crippen LogP contribution in [0.2, 0.25) is 5.02 Å². The fourth-order valence-corrected chi connectivity index (χ4v) is 5.12. The SMILES string of the molecule is CCNC(=NCC1CCN(Cc2ccccc2Cl)CC1)N1CCC2(CCOC2)C1.I. The van der Waals surface area contributed by atoms with Gasteiger partial charge in [0.15, 0.2) is 5.96 Å². The number of ether oxygens (including phenoxy) is 1. The Hall–Kier alpha value is -0.570. The number of guanidine groups is 1. The number of piperidine rings is 1. The fourth-order valence-electron chi connectivity index (χ4n) is 4.92. The molecular formula is C23H36ClIN4O. The lowest BCUT2D eigenvalue weighted by Gasteiger charge is -2.32. The monoisotopic (exact) mass is 546 g/mol. The Morgan fingerprint density at radius 3 is 2.73 bits per heavy atom. The van der Waals surface area contributed by atoms with Crippen LogP contribution in [-0.2, 0) is 11.3 Å². The molecule has 3 heterocycles. The maximum Gasteiger partial charge on any atom is 0.193 e. The Bertz CT molecular complexity index is 702. The first-order chi connectivity index (χ1) is 14.2. The standard InChI is InChI=1S/C23H35ClN4O.HI/c1-2-25-22(28-13-9-23(17-28)10-14-29-18-23)26-15-19-7-11-27(12-8-19)16-20-5-3-4-6-21(20)24;/h3-6,19H,2,7-18H2,1H3,(H,25,26);1H. The Morgan fingerprint density at radius 1 is 1.23 bits per heavy atom. The van der Waals surface area contributed by atoms with Gasteiger partial charge in [0.05, 0.1) is 6.61 Å². The summed E-state index contributed by atoms with van der Waals surface area (Å²) in [5.74, 6) is 1.78. The van der Waals surface area contributed by atoms with Gasteiger partial charge in [-0.2, -0.15) is 0 Å². The molecular weight excluding hydrogens is 511 g/mol. The predicted octanol–water partition coefficient (Wildman–Crippen LogP) is 4.25. The lowest BCUT2D eigenvalue weighted by Crippen LogP contribution is -2.42. The number of hydrogen-bond donors (Lipinski definition) is 1. The normalized spacial score (nSPS) is 25.7. The van der Waals surface area contributed by atoms with Crippen LogP contribution in [0.5, 0.6) is 0 Å². The Labute approximate surface area is 203 Å². The lowest BCUT2D eigenvalue weighted by atomic mass is 9.87. The largest absolute Gasteiger partial charge is 0.381 e. The van der Waals surface area contributed by atoms with Gasteiger partial charge in [-0.05, 0) is 63.2 Å². The second-order valence-electron chi connectivity index (χ2n) is 8.98. The Kier molecular flexibility index (Phi) is 9.10. The minimum Gasteiger partial charge on any atom is -0.381 e. The lowest BCUT2D eigenvalue weighted by molar-refractivity contribution is 0.156. The molecule has 0 amide bonds. The predicted molar refractivity (Wildman–Crippen MR) is 135 cm³/mol. The number of nitrogens with zero attached hydrogens (tertiary/aromatic N) is 3. The smallest absolute Gasteiger partial charge is 0.193 e. The van der Waals surface area contributed by atoms with Crippen molar-refractivity contribution >= 4 is 41.5 Å². The van der Waals surface area contributed by atoms with Crippen LogP contribution in [0.4, 0.5) is 0 Å². The van der Waals surface area contributed by atoms with Gasteiger partial charge < -0.3 is 15.0 Å². The van der Waals surface area contributed by atoms with E-state index in [0.29, 0.717) is 11.3 Å². The van der Waals surface area contributed by atoms with Gasteiger partial charge in [0.1, 0.15) is 0 Å². The van der Waals surface area contributed by atoms with Crippen molar-refractivity contribution in [1.29, 1.82) is 0 Å². The molecule has 1 aromatic rings. The maximum atomic E-state index is 6.33. The average Bonchev–Trinajstić information content (AvgIpc) is 3.38. The number of hydrogen-bond acceptors (Lipinski definition) is 3. The highest BCUT2D eigenvalue weighted by molar-refractivity contribution is 14.0. The zero-order valence-corrected chi connectivity index (χ0v) is 21.2. The molecule has 1 unspecified atom stereocenters. The summed E-state index contributed by atoms with van der Waals surface area (Å²) in [5, 5.41) is 4.41. The van der Waals surface area contributed by atoms with Crippen molar-refractivity contribution < 1.29 is 4.74 Å².